The van der Waals surface area contributed by atoms with Gasteiger partial charge in [-0.05, 0) is 19.3 Å². The number of likely N-dealkylation sites (tertiary alicyclic amines) is 1. The van der Waals surface area contributed by atoms with Gasteiger partial charge in [0.25, 0.3) is 0 Å². The highest BCUT2D eigenvalue weighted by molar-refractivity contribution is 5.92. The molecule has 2 saturated heterocycles. The van der Waals surface area contributed by atoms with Gasteiger partial charge in [-0.2, -0.15) is 0 Å². The number of rotatable bonds is 3. The van der Waals surface area contributed by atoms with E-state index in [1.165, 1.54) is 0 Å². The minimum atomic E-state index is -0.441. The maximum absolute atomic E-state index is 12.4. The van der Waals surface area contributed by atoms with E-state index in [1.807, 2.05) is 4.90 Å². The molecule has 1 spiro atoms. The Kier molecular flexibility index (Phi) is 3.19. The Labute approximate surface area is 124 Å². The molecule has 4 rings (SSSR count). The molecule has 6 nitrogen and oxygen atoms in total. The summed E-state index contributed by atoms with van der Waals surface area (Å²) in [6.07, 6.45) is 4.37. The highest BCUT2D eigenvalue weighted by atomic mass is 16.7. The number of carbonyl (C=O) groups is 2. The molecule has 2 unspecified atom stereocenters. The lowest BCUT2D eigenvalue weighted by atomic mass is 10.0. The first-order valence-electron chi connectivity index (χ1n) is 8.04. The molecule has 2 aliphatic carbocycles. The van der Waals surface area contributed by atoms with E-state index < -0.39 is 5.79 Å². The number of carbonyl (C=O) groups excluding carboxylic acids is 2. The maximum atomic E-state index is 12.4. The van der Waals surface area contributed by atoms with Crippen LogP contribution in [-0.2, 0) is 19.1 Å². The van der Waals surface area contributed by atoms with Crippen LogP contribution in [0.3, 0.4) is 0 Å². The van der Waals surface area contributed by atoms with E-state index in [0.717, 1.165) is 25.7 Å². The highest BCUT2D eigenvalue weighted by Gasteiger charge is 2.51. The lowest BCUT2D eigenvalue weighted by molar-refractivity contribution is -0.187. The zero-order valence-corrected chi connectivity index (χ0v) is 12.2. The van der Waals surface area contributed by atoms with E-state index in [1.54, 1.807) is 0 Å². The number of piperidine rings is 1. The van der Waals surface area contributed by atoms with Crippen molar-refractivity contribution in [2.75, 3.05) is 26.3 Å². The molecule has 116 valence electrons. The predicted molar refractivity (Wildman–Crippen MR) is 73.2 cm³/mol. The normalized spacial score (nSPS) is 34.0. The van der Waals surface area contributed by atoms with Crippen molar-refractivity contribution >= 4 is 11.8 Å². The molecular formula is C15H22N2O4. The number of nitrogens with one attached hydrogen (secondary N) is 1. The summed E-state index contributed by atoms with van der Waals surface area (Å²) in [6.45, 7) is 2.65. The molecule has 2 atom stereocenters. The first-order valence-corrected chi connectivity index (χ1v) is 8.04. The van der Waals surface area contributed by atoms with Crippen molar-refractivity contribution < 1.29 is 19.1 Å². The summed E-state index contributed by atoms with van der Waals surface area (Å²) in [5.41, 5.74) is 0. The van der Waals surface area contributed by atoms with Crippen molar-refractivity contribution in [1.82, 2.24) is 10.2 Å². The molecule has 2 aliphatic heterocycles. The van der Waals surface area contributed by atoms with Crippen molar-refractivity contribution in [2.24, 2.45) is 11.8 Å². The fourth-order valence-corrected chi connectivity index (χ4v) is 3.38. The van der Waals surface area contributed by atoms with E-state index in [4.69, 9.17) is 9.47 Å². The van der Waals surface area contributed by atoms with Crippen molar-refractivity contribution in [3.05, 3.63) is 0 Å². The van der Waals surface area contributed by atoms with Gasteiger partial charge in [-0.25, -0.2) is 0 Å². The molecular weight excluding hydrogens is 272 g/mol. The largest absolute Gasteiger partial charge is 0.353 e. The fraction of sp³-hybridized carbons (Fsp3) is 0.867. The van der Waals surface area contributed by atoms with Crippen LogP contribution in [0.2, 0.25) is 0 Å². The number of amides is 2. The van der Waals surface area contributed by atoms with Crippen LogP contribution in [0.25, 0.3) is 0 Å². The standard InChI is InChI=1S/C15H22N2O4/c18-13(16-10-1-2-10)11-9-12(11)14(19)17-5-3-15(4-6-17)20-7-8-21-15/h10-12H,1-9H2,(H,16,18). The third kappa shape index (κ3) is 2.66. The first kappa shape index (κ1) is 13.5. The van der Waals surface area contributed by atoms with Crippen LogP contribution in [0.15, 0.2) is 0 Å². The Morgan fingerprint density at radius 3 is 2.33 bits per heavy atom. The van der Waals surface area contributed by atoms with E-state index in [-0.39, 0.29) is 23.7 Å². The third-order valence-electron chi connectivity index (χ3n) is 5.02. The quantitative estimate of drug-likeness (QED) is 0.811. The molecule has 1 N–H and O–H groups in total. The van der Waals surface area contributed by atoms with Crippen molar-refractivity contribution in [3.8, 4) is 0 Å². The summed E-state index contributed by atoms with van der Waals surface area (Å²) < 4.78 is 11.3. The van der Waals surface area contributed by atoms with Crippen LogP contribution in [0.5, 0.6) is 0 Å². The number of hydrogen-bond acceptors (Lipinski definition) is 4. The molecule has 2 heterocycles. The second kappa shape index (κ2) is 4.95. The van der Waals surface area contributed by atoms with E-state index in [0.29, 0.717) is 38.8 Å². The summed E-state index contributed by atoms with van der Waals surface area (Å²) in [7, 11) is 0. The van der Waals surface area contributed by atoms with Gasteiger partial charge in [-0.1, -0.05) is 0 Å². The number of ether oxygens (including phenoxy) is 2. The van der Waals surface area contributed by atoms with Gasteiger partial charge in [-0.15, -0.1) is 0 Å². The highest BCUT2D eigenvalue weighted by Crippen LogP contribution is 2.42. The van der Waals surface area contributed by atoms with Gasteiger partial charge in [-0.3, -0.25) is 9.59 Å². The second-order valence-electron chi connectivity index (χ2n) is 6.66. The van der Waals surface area contributed by atoms with Crippen molar-refractivity contribution in [1.29, 1.82) is 0 Å². The molecule has 0 radical (unpaired) electrons. The van der Waals surface area contributed by atoms with Crippen LogP contribution in [0.1, 0.15) is 32.1 Å². The summed E-state index contributed by atoms with van der Waals surface area (Å²) in [4.78, 5) is 26.3. The maximum Gasteiger partial charge on any atom is 0.226 e. The summed E-state index contributed by atoms with van der Waals surface area (Å²) in [5.74, 6) is -0.412. The average Bonchev–Trinajstić information content (AvgIpc) is 3.39. The molecule has 4 fully saturated rings. The van der Waals surface area contributed by atoms with Gasteiger partial charge in [0.05, 0.1) is 25.0 Å². The first-order chi connectivity index (χ1) is 10.2. The average molecular weight is 294 g/mol. The van der Waals surface area contributed by atoms with E-state index in [2.05, 4.69) is 5.32 Å². The van der Waals surface area contributed by atoms with Gasteiger partial charge in [0.1, 0.15) is 0 Å². The second-order valence-corrected chi connectivity index (χ2v) is 6.66. The van der Waals surface area contributed by atoms with Gasteiger partial charge in [0.15, 0.2) is 5.79 Å². The zero-order valence-electron chi connectivity index (χ0n) is 12.2. The van der Waals surface area contributed by atoms with Crippen LogP contribution in [0, 0.1) is 11.8 Å². The summed E-state index contributed by atoms with van der Waals surface area (Å²) in [5, 5.41) is 2.99. The molecule has 4 aliphatic rings. The Morgan fingerprint density at radius 2 is 1.71 bits per heavy atom. The molecule has 0 aromatic heterocycles. The van der Waals surface area contributed by atoms with Crippen LogP contribution < -0.4 is 5.32 Å². The Hall–Kier alpha value is -1.14. The zero-order chi connectivity index (χ0) is 14.4. The number of nitrogens with zero attached hydrogens (tertiary/aromatic N) is 1. The molecule has 2 amide bonds. The van der Waals surface area contributed by atoms with Crippen LogP contribution in [0.4, 0.5) is 0 Å². The Morgan fingerprint density at radius 1 is 1.05 bits per heavy atom. The third-order valence-corrected chi connectivity index (χ3v) is 5.02. The summed E-state index contributed by atoms with van der Waals surface area (Å²) in [6, 6.07) is 0.375. The topological polar surface area (TPSA) is 67.9 Å². The SMILES string of the molecule is O=C(NC1CC1)C1CC1C(=O)N1CCC2(CC1)OCCO2. The summed E-state index contributed by atoms with van der Waals surface area (Å²) >= 11 is 0. The van der Waals surface area contributed by atoms with E-state index >= 15 is 0 Å². The molecule has 2 saturated carbocycles. The van der Waals surface area contributed by atoms with Crippen molar-refractivity contribution in [2.45, 2.75) is 43.9 Å². The van der Waals surface area contributed by atoms with E-state index in [9.17, 15) is 9.59 Å². The molecule has 0 bridgehead atoms. The van der Waals surface area contributed by atoms with Gasteiger partial charge >= 0.3 is 0 Å². The Balaban J connectivity index is 1.27. The lowest BCUT2D eigenvalue weighted by Gasteiger charge is -2.37. The van der Waals surface area contributed by atoms with Crippen molar-refractivity contribution in [3.63, 3.8) is 0 Å². The lowest BCUT2D eigenvalue weighted by Crippen LogP contribution is -2.48. The minimum Gasteiger partial charge on any atom is -0.353 e. The van der Waals surface area contributed by atoms with Gasteiger partial charge in [0, 0.05) is 32.0 Å². The Bertz CT molecular complexity index is 447. The smallest absolute Gasteiger partial charge is 0.226 e. The molecule has 0 aromatic rings. The predicted octanol–water partition coefficient (Wildman–Crippen LogP) is 0.267. The fourth-order valence-electron chi connectivity index (χ4n) is 3.38. The minimum absolute atomic E-state index is 0.0757. The van der Waals surface area contributed by atoms with Gasteiger partial charge in [0.2, 0.25) is 11.8 Å². The molecule has 6 heteroatoms. The van der Waals surface area contributed by atoms with Crippen LogP contribution >= 0.6 is 0 Å². The monoisotopic (exact) mass is 294 g/mol. The van der Waals surface area contributed by atoms with Gasteiger partial charge < -0.3 is 19.7 Å². The molecule has 21 heavy (non-hydrogen) atoms. The molecule has 0 aromatic carbocycles. The number of hydrogen-bond donors (Lipinski definition) is 1. The van der Waals surface area contributed by atoms with Crippen LogP contribution in [-0.4, -0.2) is 54.8 Å².